The fraction of sp³-hybridized carbons (Fsp3) is 0.438. The van der Waals surface area contributed by atoms with Gasteiger partial charge >= 0.3 is 0 Å². The highest BCUT2D eigenvalue weighted by Crippen LogP contribution is 2.43. The second kappa shape index (κ2) is 5.17. The first kappa shape index (κ1) is 12.4. The van der Waals surface area contributed by atoms with Gasteiger partial charge in [-0.05, 0) is 35.8 Å². The molecule has 1 fully saturated rings. The van der Waals surface area contributed by atoms with Crippen molar-refractivity contribution in [3.05, 3.63) is 47.5 Å². The Morgan fingerprint density at radius 1 is 1.26 bits per heavy atom. The molecule has 3 N–H and O–H groups in total. The number of nitrogens with two attached hydrogens (primary N) is 1. The quantitative estimate of drug-likeness (QED) is 0.809. The summed E-state index contributed by atoms with van der Waals surface area (Å²) >= 11 is 0. The van der Waals surface area contributed by atoms with Crippen LogP contribution in [-0.2, 0) is 17.9 Å². The molecule has 1 amide bonds. The molecular formula is C16H20N2O. The van der Waals surface area contributed by atoms with Crippen molar-refractivity contribution < 1.29 is 4.79 Å². The average molecular weight is 256 g/mol. The number of fused-ring (bicyclic) bond motifs is 2. The van der Waals surface area contributed by atoms with E-state index in [1.165, 1.54) is 6.42 Å². The number of amides is 1. The van der Waals surface area contributed by atoms with Crippen LogP contribution < -0.4 is 11.1 Å². The van der Waals surface area contributed by atoms with Crippen LogP contribution in [0.4, 0.5) is 0 Å². The van der Waals surface area contributed by atoms with Crippen LogP contribution in [0, 0.1) is 17.8 Å². The number of hydrogen-bond donors (Lipinski definition) is 2. The van der Waals surface area contributed by atoms with E-state index in [0.717, 1.165) is 17.5 Å². The van der Waals surface area contributed by atoms with Gasteiger partial charge < -0.3 is 11.1 Å². The molecule has 1 saturated carbocycles. The smallest absolute Gasteiger partial charge is 0.223 e. The summed E-state index contributed by atoms with van der Waals surface area (Å²) in [6, 6.07) is 8.08. The summed E-state index contributed by atoms with van der Waals surface area (Å²) in [6.07, 6.45) is 6.67. The van der Waals surface area contributed by atoms with E-state index in [9.17, 15) is 4.79 Å². The van der Waals surface area contributed by atoms with Gasteiger partial charge in [-0.1, -0.05) is 36.4 Å². The minimum atomic E-state index is 0.188. The zero-order valence-corrected chi connectivity index (χ0v) is 11.0. The van der Waals surface area contributed by atoms with Crippen molar-refractivity contribution in [3.63, 3.8) is 0 Å². The Morgan fingerprint density at radius 3 is 2.79 bits per heavy atom. The maximum Gasteiger partial charge on any atom is 0.223 e. The van der Waals surface area contributed by atoms with Crippen molar-refractivity contribution in [2.24, 2.45) is 23.5 Å². The summed E-state index contributed by atoms with van der Waals surface area (Å²) in [5.74, 6) is 1.50. The maximum atomic E-state index is 12.2. The van der Waals surface area contributed by atoms with Crippen LogP contribution in [0.2, 0.25) is 0 Å². The standard InChI is InChI=1S/C16H20N2O/c17-9-12-2-1-3-13(6-12)10-18-16(19)15-8-11-4-5-14(15)7-11/h1-6,11,14-15H,7-10,17H2,(H,18,19). The molecule has 1 aromatic carbocycles. The summed E-state index contributed by atoms with van der Waals surface area (Å²) in [6.45, 7) is 1.14. The van der Waals surface area contributed by atoms with Crippen LogP contribution in [0.3, 0.4) is 0 Å². The third-order valence-corrected chi connectivity index (χ3v) is 4.31. The van der Waals surface area contributed by atoms with E-state index in [1.807, 2.05) is 18.2 Å². The Kier molecular flexibility index (Phi) is 3.38. The lowest BCUT2D eigenvalue weighted by Gasteiger charge is -2.17. The summed E-state index contributed by atoms with van der Waals surface area (Å²) in [5, 5.41) is 3.06. The Bertz CT molecular complexity index is 509. The predicted molar refractivity (Wildman–Crippen MR) is 75.0 cm³/mol. The van der Waals surface area contributed by atoms with Gasteiger partial charge in [0.1, 0.15) is 0 Å². The molecule has 0 heterocycles. The molecule has 0 radical (unpaired) electrons. The van der Waals surface area contributed by atoms with Crippen molar-refractivity contribution >= 4 is 5.91 Å². The molecule has 0 spiro atoms. The predicted octanol–water partition coefficient (Wildman–Crippen LogP) is 1.97. The molecule has 100 valence electrons. The van der Waals surface area contributed by atoms with Crippen molar-refractivity contribution in [3.8, 4) is 0 Å². The van der Waals surface area contributed by atoms with E-state index >= 15 is 0 Å². The molecule has 0 saturated heterocycles. The molecule has 3 nitrogen and oxygen atoms in total. The highest BCUT2D eigenvalue weighted by molar-refractivity contribution is 5.80. The first-order valence-electron chi connectivity index (χ1n) is 7.00. The first-order chi connectivity index (χ1) is 9.26. The van der Waals surface area contributed by atoms with Crippen molar-refractivity contribution in [1.82, 2.24) is 5.32 Å². The molecule has 3 unspecified atom stereocenters. The highest BCUT2D eigenvalue weighted by atomic mass is 16.1. The van der Waals surface area contributed by atoms with E-state index in [4.69, 9.17) is 5.73 Å². The monoisotopic (exact) mass is 256 g/mol. The fourth-order valence-electron chi connectivity index (χ4n) is 3.27. The van der Waals surface area contributed by atoms with Gasteiger partial charge in [0.05, 0.1) is 0 Å². The van der Waals surface area contributed by atoms with Gasteiger partial charge in [-0.25, -0.2) is 0 Å². The lowest BCUT2D eigenvalue weighted by Crippen LogP contribution is -2.32. The zero-order chi connectivity index (χ0) is 13.2. The van der Waals surface area contributed by atoms with Gasteiger partial charge in [-0.15, -0.1) is 0 Å². The molecule has 0 aliphatic heterocycles. The minimum absolute atomic E-state index is 0.188. The van der Waals surface area contributed by atoms with Gasteiger partial charge in [0.15, 0.2) is 0 Å². The van der Waals surface area contributed by atoms with Crippen molar-refractivity contribution in [2.45, 2.75) is 25.9 Å². The molecule has 19 heavy (non-hydrogen) atoms. The van der Waals surface area contributed by atoms with E-state index in [0.29, 0.717) is 24.9 Å². The van der Waals surface area contributed by atoms with Crippen LogP contribution in [0.5, 0.6) is 0 Å². The normalized spacial score (nSPS) is 27.7. The second-order valence-electron chi connectivity index (χ2n) is 5.63. The van der Waals surface area contributed by atoms with E-state index in [2.05, 4.69) is 23.5 Å². The number of rotatable bonds is 4. The Balaban J connectivity index is 1.57. The van der Waals surface area contributed by atoms with Gasteiger partial charge in [-0.2, -0.15) is 0 Å². The van der Waals surface area contributed by atoms with Crippen molar-refractivity contribution in [1.29, 1.82) is 0 Å². The number of allylic oxidation sites excluding steroid dienone is 2. The van der Waals surface area contributed by atoms with E-state index < -0.39 is 0 Å². The first-order valence-corrected chi connectivity index (χ1v) is 7.00. The van der Waals surface area contributed by atoms with E-state index in [1.54, 1.807) is 0 Å². The van der Waals surface area contributed by atoms with Crippen LogP contribution in [0.25, 0.3) is 0 Å². The zero-order valence-electron chi connectivity index (χ0n) is 11.0. The van der Waals surface area contributed by atoms with Gasteiger partial charge in [0.2, 0.25) is 5.91 Å². The van der Waals surface area contributed by atoms with E-state index in [-0.39, 0.29) is 11.8 Å². The Morgan fingerprint density at radius 2 is 2.11 bits per heavy atom. The molecule has 1 aromatic rings. The number of hydrogen-bond acceptors (Lipinski definition) is 2. The molecule has 3 atom stereocenters. The summed E-state index contributed by atoms with van der Waals surface area (Å²) in [4.78, 5) is 12.2. The summed E-state index contributed by atoms with van der Waals surface area (Å²) < 4.78 is 0. The Labute approximate surface area is 113 Å². The summed E-state index contributed by atoms with van der Waals surface area (Å²) in [5.41, 5.74) is 7.85. The molecule has 2 aliphatic rings. The SMILES string of the molecule is NCc1cccc(CNC(=O)C2CC3C=CC2C3)c1. The molecule has 3 rings (SSSR count). The fourth-order valence-corrected chi connectivity index (χ4v) is 3.27. The Hall–Kier alpha value is -1.61. The largest absolute Gasteiger partial charge is 0.352 e. The molecule has 3 heteroatoms. The van der Waals surface area contributed by atoms with Crippen LogP contribution in [0.15, 0.2) is 36.4 Å². The van der Waals surface area contributed by atoms with Crippen LogP contribution >= 0.6 is 0 Å². The highest BCUT2D eigenvalue weighted by Gasteiger charge is 2.39. The van der Waals surface area contributed by atoms with Crippen molar-refractivity contribution in [2.75, 3.05) is 0 Å². The minimum Gasteiger partial charge on any atom is -0.352 e. The molecule has 2 aliphatic carbocycles. The molecule has 2 bridgehead atoms. The van der Waals surface area contributed by atoms with Gasteiger partial charge in [0.25, 0.3) is 0 Å². The third kappa shape index (κ3) is 2.56. The average Bonchev–Trinajstić information content (AvgIpc) is 3.07. The maximum absolute atomic E-state index is 12.2. The number of carbonyl (C=O) groups is 1. The lowest BCUT2D eigenvalue weighted by atomic mass is 9.93. The number of carbonyl (C=O) groups excluding carboxylic acids is 1. The third-order valence-electron chi connectivity index (χ3n) is 4.31. The van der Waals surface area contributed by atoms with Crippen LogP contribution in [0.1, 0.15) is 24.0 Å². The molecule has 0 aromatic heterocycles. The van der Waals surface area contributed by atoms with Gasteiger partial charge in [0, 0.05) is 19.0 Å². The van der Waals surface area contributed by atoms with Crippen LogP contribution in [-0.4, -0.2) is 5.91 Å². The second-order valence-corrected chi connectivity index (χ2v) is 5.63. The molecular weight excluding hydrogens is 236 g/mol. The summed E-state index contributed by atoms with van der Waals surface area (Å²) in [7, 11) is 0. The van der Waals surface area contributed by atoms with Gasteiger partial charge in [-0.3, -0.25) is 4.79 Å². The number of nitrogens with one attached hydrogen (secondary N) is 1. The topological polar surface area (TPSA) is 55.1 Å². The lowest BCUT2D eigenvalue weighted by molar-refractivity contribution is -0.125. The number of benzene rings is 1.